The maximum Gasteiger partial charge on any atom is 0.141 e. The summed E-state index contributed by atoms with van der Waals surface area (Å²) >= 11 is 5.78. The summed E-state index contributed by atoms with van der Waals surface area (Å²) in [6.45, 7) is -0.412. The monoisotopic (exact) mass is 294 g/mol. The van der Waals surface area contributed by atoms with Gasteiger partial charge in [-0.1, -0.05) is 48.0 Å². The third kappa shape index (κ3) is 3.01. The molecule has 4 heteroatoms. The van der Waals surface area contributed by atoms with Crippen LogP contribution in [-0.2, 0) is 11.8 Å². The van der Waals surface area contributed by atoms with Gasteiger partial charge in [0.05, 0.1) is 18.2 Å². The van der Waals surface area contributed by atoms with Crippen molar-refractivity contribution in [3.63, 3.8) is 0 Å². The SMILES string of the molecule is OCC(CO)(Cc1ccc(F)c(Cl)c1)c1ccccc1. The summed E-state index contributed by atoms with van der Waals surface area (Å²) in [7, 11) is 0. The second-order valence-electron chi connectivity index (χ2n) is 4.89. The van der Waals surface area contributed by atoms with Crippen LogP contribution in [0.1, 0.15) is 11.1 Å². The molecule has 0 aromatic heterocycles. The summed E-state index contributed by atoms with van der Waals surface area (Å²) in [6.07, 6.45) is 0.379. The average Bonchev–Trinajstić information content (AvgIpc) is 2.49. The van der Waals surface area contributed by atoms with Crippen LogP contribution < -0.4 is 0 Å². The van der Waals surface area contributed by atoms with Crippen molar-refractivity contribution in [3.8, 4) is 0 Å². The Morgan fingerprint density at radius 3 is 2.20 bits per heavy atom. The molecule has 2 N–H and O–H groups in total. The lowest BCUT2D eigenvalue weighted by atomic mass is 9.77. The van der Waals surface area contributed by atoms with Crippen molar-refractivity contribution >= 4 is 11.6 Å². The Kier molecular flexibility index (Phi) is 4.76. The van der Waals surface area contributed by atoms with Crippen molar-refractivity contribution in [2.75, 3.05) is 13.2 Å². The average molecular weight is 295 g/mol. The minimum Gasteiger partial charge on any atom is -0.395 e. The van der Waals surface area contributed by atoms with Gasteiger partial charge in [-0.2, -0.15) is 0 Å². The van der Waals surface area contributed by atoms with E-state index in [2.05, 4.69) is 0 Å². The van der Waals surface area contributed by atoms with Crippen LogP contribution in [0.5, 0.6) is 0 Å². The third-order valence-corrected chi connectivity index (χ3v) is 3.81. The zero-order valence-electron chi connectivity index (χ0n) is 10.9. The number of aliphatic hydroxyl groups is 2. The fraction of sp³-hybridized carbons (Fsp3) is 0.250. The van der Waals surface area contributed by atoms with Gasteiger partial charge < -0.3 is 10.2 Å². The fourth-order valence-electron chi connectivity index (χ4n) is 2.28. The van der Waals surface area contributed by atoms with Crippen molar-refractivity contribution in [3.05, 3.63) is 70.5 Å². The summed E-state index contributed by atoms with van der Waals surface area (Å²) in [6, 6.07) is 13.7. The Labute approximate surface area is 122 Å². The summed E-state index contributed by atoms with van der Waals surface area (Å²) in [4.78, 5) is 0. The zero-order valence-corrected chi connectivity index (χ0v) is 11.6. The number of hydrogen-bond acceptors (Lipinski definition) is 2. The first-order valence-corrected chi connectivity index (χ1v) is 6.70. The second-order valence-corrected chi connectivity index (χ2v) is 5.30. The molecule has 0 bridgehead atoms. The third-order valence-electron chi connectivity index (χ3n) is 3.52. The minimum atomic E-state index is -0.803. The summed E-state index contributed by atoms with van der Waals surface area (Å²) in [5, 5.41) is 19.5. The van der Waals surface area contributed by atoms with Crippen LogP contribution >= 0.6 is 11.6 Å². The van der Waals surface area contributed by atoms with E-state index in [9.17, 15) is 14.6 Å². The molecule has 0 saturated heterocycles. The van der Waals surface area contributed by atoms with Crippen LogP contribution in [-0.4, -0.2) is 23.4 Å². The van der Waals surface area contributed by atoms with Gasteiger partial charge >= 0.3 is 0 Å². The number of rotatable bonds is 5. The lowest BCUT2D eigenvalue weighted by Gasteiger charge is -2.30. The van der Waals surface area contributed by atoms with E-state index >= 15 is 0 Å². The first-order chi connectivity index (χ1) is 9.61. The van der Waals surface area contributed by atoms with Crippen molar-refractivity contribution in [1.82, 2.24) is 0 Å². The molecule has 2 aromatic rings. The van der Waals surface area contributed by atoms with E-state index in [-0.39, 0.29) is 18.2 Å². The molecule has 0 aliphatic carbocycles. The van der Waals surface area contributed by atoms with Gasteiger partial charge in [-0.05, 0) is 29.7 Å². The lowest BCUT2D eigenvalue weighted by Crippen LogP contribution is -2.37. The van der Waals surface area contributed by atoms with Gasteiger partial charge in [-0.3, -0.25) is 0 Å². The first kappa shape index (κ1) is 15.0. The fourth-order valence-corrected chi connectivity index (χ4v) is 2.48. The molecule has 2 rings (SSSR count). The number of halogens is 2. The summed E-state index contributed by atoms with van der Waals surface area (Å²) in [5.74, 6) is -0.478. The molecule has 0 amide bonds. The predicted octanol–water partition coefficient (Wildman–Crippen LogP) is 2.94. The molecule has 0 heterocycles. The van der Waals surface area contributed by atoms with E-state index in [4.69, 9.17) is 11.6 Å². The van der Waals surface area contributed by atoms with E-state index in [1.807, 2.05) is 30.3 Å². The molecule has 0 fully saturated rings. The summed E-state index contributed by atoms with van der Waals surface area (Å²) in [5.41, 5.74) is 0.802. The van der Waals surface area contributed by atoms with E-state index in [1.54, 1.807) is 6.07 Å². The van der Waals surface area contributed by atoms with E-state index in [0.29, 0.717) is 6.42 Å². The highest BCUT2D eigenvalue weighted by Crippen LogP contribution is 2.29. The number of benzene rings is 2. The van der Waals surface area contributed by atoms with E-state index in [0.717, 1.165) is 11.1 Å². The van der Waals surface area contributed by atoms with Gasteiger partial charge in [0.25, 0.3) is 0 Å². The summed E-state index contributed by atoms with van der Waals surface area (Å²) < 4.78 is 13.2. The molecule has 0 saturated carbocycles. The molecule has 0 unspecified atom stereocenters. The highest BCUT2D eigenvalue weighted by Gasteiger charge is 2.31. The van der Waals surface area contributed by atoms with Gasteiger partial charge in [0.2, 0.25) is 0 Å². The van der Waals surface area contributed by atoms with E-state index in [1.165, 1.54) is 12.1 Å². The molecule has 0 aliphatic rings. The molecule has 2 aromatic carbocycles. The smallest absolute Gasteiger partial charge is 0.141 e. The Morgan fingerprint density at radius 1 is 1.00 bits per heavy atom. The van der Waals surface area contributed by atoms with Gasteiger partial charge in [-0.25, -0.2) is 4.39 Å². The Hall–Kier alpha value is -1.42. The standard InChI is InChI=1S/C16H16ClFO2/c17-14-8-12(6-7-15(14)18)9-16(10-19,11-20)13-4-2-1-3-5-13/h1-8,19-20H,9-11H2. The topological polar surface area (TPSA) is 40.5 Å². The van der Waals surface area contributed by atoms with Gasteiger partial charge in [-0.15, -0.1) is 0 Å². The molecular weight excluding hydrogens is 279 g/mol. The van der Waals surface area contributed by atoms with Gasteiger partial charge in [0, 0.05) is 5.41 Å². The molecule has 0 aliphatic heterocycles. The molecular formula is C16H16ClFO2. The molecule has 20 heavy (non-hydrogen) atoms. The Balaban J connectivity index is 2.36. The number of hydrogen-bond donors (Lipinski definition) is 2. The molecule has 0 spiro atoms. The molecule has 106 valence electrons. The van der Waals surface area contributed by atoms with Crippen LogP contribution in [0.4, 0.5) is 4.39 Å². The van der Waals surface area contributed by atoms with Crippen LogP contribution in [0, 0.1) is 5.82 Å². The Bertz CT molecular complexity index is 568. The molecule has 2 nitrogen and oxygen atoms in total. The lowest BCUT2D eigenvalue weighted by molar-refractivity contribution is 0.116. The molecule has 0 radical (unpaired) electrons. The van der Waals surface area contributed by atoms with Crippen molar-refractivity contribution in [1.29, 1.82) is 0 Å². The zero-order chi connectivity index (χ0) is 14.6. The second kappa shape index (κ2) is 6.35. The van der Waals surface area contributed by atoms with Crippen LogP contribution in [0.3, 0.4) is 0 Å². The van der Waals surface area contributed by atoms with Crippen molar-refractivity contribution < 1.29 is 14.6 Å². The highest BCUT2D eigenvalue weighted by atomic mass is 35.5. The van der Waals surface area contributed by atoms with Crippen molar-refractivity contribution in [2.45, 2.75) is 11.8 Å². The van der Waals surface area contributed by atoms with Crippen LogP contribution in [0.15, 0.2) is 48.5 Å². The van der Waals surface area contributed by atoms with Crippen LogP contribution in [0.2, 0.25) is 5.02 Å². The quantitative estimate of drug-likeness (QED) is 0.890. The normalized spacial score (nSPS) is 11.6. The van der Waals surface area contributed by atoms with Crippen molar-refractivity contribution in [2.24, 2.45) is 0 Å². The minimum absolute atomic E-state index is 0.0420. The highest BCUT2D eigenvalue weighted by molar-refractivity contribution is 6.30. The van der Waals surface area contributed by atoms with Gasteiger partial charge in [0.1, 0.15) is 5.82 Å². The maximum absolute atomic E-state index is 13.2. The first-order valence-electron chi connectivity index (χ1n) is 6.32. The van der Waals surface area contributed by atoms with E-state index < -0.39 is 11.2 Å². The van der Waals surface area contributed by atoms with Crippen LogP contribution in [0.25, 0.3) is 0 Å². The predicted molar refractivity (Wildman–Crippen MR) is 77.4 cm³/mol. The van der Waals surface area contributed by atoms with Gasteiger partial charge in [0.15, 0.2) is 0 Å². The Morgan fingerprint density at radius 2 is 1.65 bits per heavy atom. The molecule has 0 atom stereocenters. The largest absolute Gasteiger partial charge is 0.395 e. The number of aliphatic hydroxyl groups excluding tert-OH is 2. The maximum atomic E-state index is 13.2.